The fraction of sp³-hybridized carbons (Fsp3) is 0. The summed E-state index contributed by atoms with van der Waals surface area (Å²) in [6.07, 6.45) is 0. The van der Waals surface area contributed by atoms with E-state index in [1.54, 1.807) is 0 Å². The third-order valence-corrected chi connectivity index (χ3v) is 10.1. The Labute approximate surface area is 284 Å². The average Bonchev–Trinajstić information content (AvgIpc) is 3.56. The lowest BCUT2D eigenvalue weighted by atomic mass is 9.80. The number of hydrogen-bond donors (Lipinski definition) is 0. The van der Waals surface area contributed by atoms with Gasteiger partial charge in [0.15, 0.2) is 0 Å². The van der Waals surface area contributed by atoms with Gasteiger partial charge in [0.1, 0.15) is 11.2 Å². The minimum atomic E-state index is 0.904. The predicted molar refractivity (Wildman–Crippen MR) is 208 cm³/mol. The molecule has 1 nitrogen and oxygen atoms in total. The van der Waals surface area contributed by atoms with Crippen molar-refractivity contribution in [2.24, 2.45) is 0 Å². The van der Waals surface area contributed by atoms with Crippen LogP contribution < -0.4 is 0 Å². The van der Waals surface area contributed by atoms with Crippen molar-refractivity contribution in [1.29, 1.82) is 0 Å². The van der Waals surface area contributed by atoms with Crippen LogP contribution >= 0.6 is 0 Å². The maximum Gasteiger partial charge on any atom is 0.143 e. The van der Waals surface area contributed by atoms with E-state index in [-0.39, 0.29) is 0 Å². The van der Waals surface area contributed by atoms with E-state index < -0.39 is 0 Å². The number of fused-ring (bicyclic) bond motifs is 6. The highest BCUT2D eigenvalue weighted by atomic mass is 16.3. The fourth-order valence-electron chi connectivity index (χ4n) is 7.92. The Morgan fingerprint density at radius 2 is 0.837 bits per heavy atom. The molecule has 0 saturated heterocycles. The first kappa shape index (κ1) is 27.7. The second kappa shape index (κ2) is 11.1. The van der Waals surface area contributed by atoms with Crippen LogP contribution in [0.3, 0.4) is 0 Å². The van der Waals surface area contributed by atoms with Gasteiger partial charge in [0.25, 0.3) is 0 Å². The molecule has 49 heavy (non-hydrogen) atoms. The molecule has 0 aliphatic carbocycles. The molecule has 0 fully saturated rings. The van der Waals surface area contributed by atoms with Crippen molar-refractivity contribution in [3.05, 3.63) is 182 Å². The summed E-state index contributed by atoms with van der Waals surface area (Å²) >= 11 is 0. The normalized spacial score (nSPS) is 11.7. The van der Waals surface area contributed by atoms with Gasteiger partial charge in [0, 0.05) is 16.3 Å². The molecular formula is C48H30O. The number of benzene rings is 9. The number of para-hydroxylation sites is 2. The van der Waals surface area contributed by atoms with Crippen molar-refractivity contribution in [2.45, 2.75) is 0 Å². The molecule has 0 spiro atoms. The number of rotatable bonds is 4. The number of hydrogen-bond acceptors (Lipinski definition) is 1. The lowest BCUT2D eigenvalue weighted by Crippen LogP contribution is -1.95. The summed E-state index contributed by atoms with van der Waals surface area (Å²) in [7, 11) is 0. The molecule has 0 amide bonds. The molecule has 10 aromatic rings. The summed E-state index contributed by atoms with van der Waals surface area (Å²) < 4.78 is 6.66. The fourth-order valence-corrected chi connectivity index (χ4v) is 7.92. The molecule has 10 rings (SSSR count). The Morgan fingerprint density at radius 3 is 1.59 bits per heavy atom. The maximum absolute atomic E-state index is 6.66. The molecule has 0 aliphatic rings. The Hall–Kier alpha value is -6.44. The van der Waals surface area contributed by atoms with Crippen molar-refractivity contribution >= 4 is 54.3 Å². The van der Waals surface area contributed by atoms with E-state index in [9.17, 15) is 0 Å². The van der Waals surface area contributed by atoms with E-state index in [1.165, 1.54) is 65.7 Å². The highest BCUT2D eigenvalue weighted by Gasteiger charge is 2.23. The van der Waals surface area contributed by atoms with E-state index in [1.807, 2.05) is 6.07 Å². The molecule has 1 heterocycles. The van der Waals surface area contributed by atoms with Crippen LogP contribution in [0, 0.1) is 0 Å². The first-order valence-corrected chi connectivity index (χ1v) is 16.9. The van der Waals surface area contributed by atoms with Gasteiger partial charge < -0.3 is 4.42 Å². The van der Waals surface area contributed by atoms with E-state index in [2.05, 4.69) is 176 Å². The van der Waals surface area contributed by atoms with Crippen molar-refractivity contribution in [3.8, 4) is 44.5 Å². The van der Waals surface area contributed by atoms with E-state index in [4.69, 9.17) is 4.42 Å². The van der Waals surface area contributed by atoms with Gasteiger partial charge in [-0.1, -0.05) is 170 Å². The second-order valence-corrected chi connectivity index (χ2v) is 12.8. The van der Waals surface area contributed by atoms with Gasteiger partial charge in [-0.25, -0.2) is 0 Å². The zero-order chi connectivity index (χ0) is 32.3. The SMILES string of the molecule is c1ccc(-c2cccc(-c3cccc4c3oc3ccccc34)c2-c2c3ccccc3c(-c3ccc4ccccc4c3)c3ccccc23)cc1. The van der Waals surface area contributed by atoms with Crippen LogP contribution in [0.15, 0.2) is 186 Å². The Morgan fingerprint density at radius 1 is 0.286 bits per heavy atom. The van der Waals surface area contributed by atoms with Gasteiger partial charge in [-0.2, -0.15) is 0 Å². The van der Waals surface area contributed by atoms with Gasteiger partial charge in [0.05, 0.1) is 0 Å². The van der Waals surface area contributed by atoms with Gasteiger partial charge in [-0.3, -0.25) is 0 Å². The molecule has 9 aromatic carbocycles. The highest BCUT2D eigenvalue weighted by Crippen LogP contribution is 2.50. The lowest BCUT2D eigenvalue weighted by molar-refractivity contribution is 0.670. The molecule has 1 heteroatoms. The third-order valence-electron chi connectivity index (χ3n) is 10.1. The second-order valence-electron chi connectivity index (χ2n) is 12.8. The van der Waals surface area contributed by atoms with E-state index in [0.717, 1.165) is 33.1 Å². The maximum atomic E-state index is 6.66. The van der Waals surface area contributed by atoms with Crippen LogP contribution in [0.5, 0.6) is 0 Å². The summed E-state index contributed by atoms with van der Waals surface area (Å²) in [6, 6.07) is 65.8. The summed E-state index contributed by atoms with van der Waals surface area (Å²) in [5, 5.41) is 9.69. The molecule has 0 bridgehead atoms. The molecule has 228 valence electrons. The quantitative estimate of drug-likeness (QED) is 0.178. The van der Waals surface area contributed by atoms with Crippen LogP contribution in [0.4, 0.5) is 0 Å². The molecule has 0 N–H and O–H groups in total. The van der Waals surface area contributed by atoms with Crippen molar-refractivity contribution in [1.82, 2.24) is 0 Å². The van der Waals surface area contributed by atoms with Crippen molar-refractivity contribution in [2.75, 3.05) is 0 Å². The summed E-state index contributed by atoms with van der Waals surface area (Å²) in [4.78, 5) is 0. The summed E-state index contributed by atoms with van der Waals surface area (Å²) in [6.45, 7) is 0. The first-order chi connectivity index (χ1) is 24.3. The van der Waals surface area contributed by atoms with Crippen molar-refractivity contribution in [3.63, 3.8) is 0 Å². The van der Waals surface area contributed by atoms with Gasteiger partial charge in [0.2, 0.25) is 0 Å². The topological polar surface area (TPSA) is 13.1 Å². The van der Waals surface area contributed by atoms with Gasteiger partial charge in [-0.15, -0.1) is 0 Å². The molecule has 0 radical (unpaired) electrons. The smallest absolute Gasteiger partial charge is 0.143 e. The van der Waals surface area contributed by atoms with Gasteiger partial charge in [-0.05, 0) is 83.4 Å². The average molecular weight is 623 g/mol. The highest BCUT2D eigenvalue weighted by molar-refractivity contribution is 6.24. The zero-order valence-electron chi connectivity index (χ0n) is 26.7. The number of furan rings is 1. The van der Waals surface area contributed by atoms with Gasteiger partial charge >= 0.3 is 0 Å². The van der Waals surface area contributed by atoms with E-state index >= 15 is 0 Å². The van der Waals surface area contributed by atoms with E-state index in [0.29, 0.717) is 0 Å². The molecule has 1 aromatic heterocycles. The van der Waals surface area contributed by atoms with Crippen LogP contribution in [-0.2, 0) is 0 Å². The summed E-state index contributed by atoms with van der Waals surface area (Å²) in [5.74, 6) is 0. The molecule has 0 saturated carbocycles. The largest absolute Gasteiger partial charge is 0.455 e. The minimum Gasteiger partial charge on any atom is -0.455 e. The Bertz CT molecular complexity index is 2820. The van der Waals surface area contributed by atoms with Crippen molar-refractivity contribution < 1.29 is 4.42 Å². The minimum absolute atomic E-state index is 0.904. The first-order valence-electron chi connectivity index (χ1n) is 16.9. The predicted octanol–water partition coefficient (Wildman–Crippen LogP) is 13.7. The van der Waals surface area contributed by atoms with Crippen LogP contribution in [0.1, 0.15) is 0 Å². The Kier molecular flexibility index (Phi) is 6.25. The molecular weight excluding hydrogens is 593 g/mol. The lowest BCUT2D eigenvalue weighted by Gasteiger charge is -2.22. The molecule has 0 aliphatic heterocycles. The zero-order valence-corrected chi connectivity index (χ0v) is 26.7. The Balaban J connectivity index is 1.36. The van der Waals surface area contributed by atoms with Crippen LogP contribution in [0.25, 0.3) is 98.8 Å². The third kappa shape index (κ3) is 4.33. The summed E-state index contributed by atoms with van der Waals surface area (Å²) in [5.41, 5.74) is 11.4. The molecule has 0 unspecified atom stereocenters. The monoisotopic (exact) mass is 622 g/mol. The molecule has 0 atom stereocenters. The van der Waals surface area contributed by atoms with Crippen LogP contribution in [0.2, 0.25) is 0 Å². The van der Waals surface area contributed by atoms with Crippen LogP contribution in [-0.4, -0.2) is 0 Å². The standard InChI is InChI=1S/C48H30O/c1-2-15-32(16-3-1)35-23-12-24-41(43-26-13-25-42-36-18-10-11-27-44(36)49-48(42)43)46(35)47-39-21-8-6-19-37(39)45(38-20-7-9-22-40(38)47)34-29-28-31-14-4-5-17-33(31)30-34/h1-30H.